The van der Waals surface area contributed by atoms with Crippen molar-refractivity contribution in [3.8, 4) is 22.6 Å². The molecule has 0 saturated heterocycles. The van der Waals surface area contributed by atoms with Crippen LogP contribution in [0.2, 0.25) is 0 Å². The Kier molecular flexibility index (Phi) is 2.92. The normalized spacial score (nSPS) is 14.6. The first-order valence-electron chi connectivity index (χ1n) is 8.41. The molecule has 0 unspecified atom stereocenters. The van der Waals surface area contributed by atoms with Crippen LogP contribution in [0.5, 0.6) is 11.5 Å². The fourth-order valence-corrected chi connectivity index (χ4v) is 3.78. The number of hydrogen-bond acceptors (Lipinski definition) is 5. The highest BCUT2D eigenvalue weighted by Crippen LogP contribution is 2.48. The van der Waals surface area contributed by atoms with E-state index in [9.17, 15) is 0 Å². The molecule has 3 aromatic rings. The minimum absolute atomic E-state index is 0.237. The molecule has 5 rings (SSSR count). The van der Waals surface area contributed by atoms with E-state index in [0.29, 0.717) is 12.4 Å². The molecule has 130 valence electrons. The zero-order chi connectivity index (χ0) is 18.0. The molecule has 2 aliphatic rings. The maximum absolute atomic E-state index is 6.48. The van der Waals surface area contributed by atoms with Crippen molar-refractivity contribution in [2.45, 2.75) is 13.5 Å². The highest BCUT2D eigenvalue weighted by atomic mass is 16.7. The molecule has 2 aliphatic heterocycles. The number of anilines is 2. The number of benzene rings is 3. The molecule has 4 N–H and O–H groups in total. The van der Waals surface area contributed by atoms with Crippen LogP contribution >= 0.6 is 0 Å². The van der Waals surface area contributed by atoms with Gasteiger partial charge >= 0.3 is 0 Å². The van der Waals surface area contributed by atoms with Crippen LogP contribution in [-0.2, 0) is 11.3 Å². The number of fused-ring (bicyclic) bond motifs is 3. The molecule has 0 bridgehead atoms. The summed E-state index contributed by atoms with van der Waals surface area (Å²) in [6.45, 7) is 6.73. The predicted molar refractivity (Wildman–Crippen MR) is 103 cm³/mol. The van der Waals surface area contributed by atoms with E-state index in [1.54, 1.807) is 0 Å². The average Bonchev–Trinajstić information content (AvgIpc) is 3.24. The van der Waals surface area contributed by atoms with E-state index in [4.69, 9.17) is 25.7 Å². The third-order valence-electron chi connectivity index (χ3n) is 5.17. The minimum Gasteiger partial charge on any atom is -0.489 e. The highest BCUT2D eigenvalue weighted by molar-refractivity contribution is 6.10. The van der Waals surface area contributed by atoms with Crippen molar-refractivity contribution in [3.63, 3.8) is 0 Å². The largest absolute Gasteiger partial charge is 0.489 e. The van der Waals surface area contributed by atoms with Crippen molar-refractivity contribution < 1.29 is 14.2 Å². The summed E-state index contributed by atoms with van der Waals surface area (Å²) in [6.07, 6.45) is 0. The van der Waals surface area contributed by atoms with Gasteiger partial charge in [0, 0.05) is 33.5 Å². The zero-order valence-electron chi connectivity index (χ0n) is 14.4. The number of aryl methyl sites for hydroxylation is 1. The lowest BCUT2D eigenvalue weighted by Crippen LogP contribution is -2.00. The van der Waals surface area contributed by atoms with Crippen molar-refractivity contribution in [1.82, 2.24) is 0 Å². The number of nitrogen functional groups attached to an aromatic ring is 2. The Morgan fingerprint density at radius 1 is 0.923 bits per heavy atom. The van der Waals surface area contributed by atoms with Crippen LogP contribution in [0, 0.1) is 6.92 Å². The summed E-state index contributed by atoms with van der Waals surface area (Å²) >= 11 is 0. The first kappa shape index (κ1) is 15.0. The highest BCUT2D eigenvalue weighted by Gasteiger charge is 2.28. The molecular weight excluding hydrogens is 328 g/mol. The monoisotopic (exact) mass is 346 g/mol. The van der Waals surface area contributed by atoms with Crippen LogP contribution in [-0.4, -0.2) is 6.79 Å². The smallest absolute Gasteiger partial charge is 0.231 e. The molecular formula is C21H18N2O3. The van der Waals surface area contributed by atoms with E-state index >= 15 is 0 Å². The Morgan fingerprint density at radius 2 is 1.73 bits per heavy atom. The van der Waals surface area contributed by atoms with Gasteiger partial charge in [-0.1, -0.05) is 12.6 Å². The average molecular weight is 346 g/mol. The van der Waals surface area contributed by atoms with Gasteiger partial charge in [-0.2, -0.15) is 0 Å². The molecule has 5 nitrogen and oxygen atoms in total. The van der Waals surface area contributed by atoms with E-state index < -0.39 is 0 Å². The summed E-state index contributed by atoms with van der Waals surface area (Å²) in [5.74, 6) is 2.10. The molecule has 5 heteroatoms. The van der Waals surface area contributed by atoms with Gasteiger partial charge in [0.05, 0.1) is 0 Å². The Hall–Kier alpha value is -3.34. The van der Waals surface area contributed by atoms with E-state index in [0.717, 1.165) is 61.5 Å². The second kappa shape index (κ2) is 5.08. The van der Waals surface area contributed by atoms with Gasteiger partial charge in [0.15, 0.2) is 11.5 Å². The molecule has 0 radical (unpaired) electrons. The number of rotatable bonds is 1. The van der Waals surface area contributed by atoms with Crippen molar-refractivity contribution in [2.24, 2.45) is 0 Å². The summed E-state index contributed by atoms with van der Waals surface area (Å²) in [7, 11) is 0. The molecule has 0 aromatic heterocycles. The van der Waals surface area contributed by atoms with Gasteiger partial charge in [-0.05, 0) is 47.7 Å². The third kappa shape index (κ3) is 1.91. The van der Waals surface area contributed by atoms with Crippen LogP contribution < -0.4 is 20.9 Å². The van der Waals surface area contributed by atoms with Crippen molar-refractivity contribution >= 4 is 27.9 Å². The molecule has 0 aliphatic carbocycles. The fourth-order valence-electron chi connectivity index (χ4n) is 3.78. The standard InChI is InChI=1S/C21H18N2O3/c1-10-5-14-13(7-16(10)22)20(19-11(2)24-8-15(19)21(14)23)12-3-4-17-18(6-12)26-9-25-17/h3-7H,2,8-9,22-23H2,1H3. The second-order valence-corrected chi connectivity index (χ2v) is 6.68. The number of ether oxygens (including phenoxy) is 3. The second-order valence-electron chi connectivity index (χ2n) is 6.68. The fraction of sp³-hybridized carbons (Fsp3) is 0.143. The summed E-state index contributed by atoms with van der Waals surface area (Å²) in [5, 5.41) is 1.95. The van der Waals surface area contributed by atoms with Crippen LogP contribution in [0.15, 0.2) is 36.9 Å². The summed E-state index contributed by atoms with van der Waals surface area (Å²) in [4.78, 5) is 0. The molecule has 0 amide bonds. The van der Waals surface area contributed by atoms with Crippen LogP contribution in [0.25, 0.3) is 27.7 Å². The molecule has 2 heterocycles. The Bertz CT molecular complexity index is 1120. The zero-order valence-corrected chi connectivity index (χ0v) is 14.4. The third-order valence-corrected chi connectivity index (χ3v) is 5.17. The Balaban J connectivity index is 1.92. The van der Waals surface area contributed by atoms with Gasteiger partial charge < -0.3 is 25.7 Å². The lowest BCUT2D eigenvalue weighted by Gasteiger charge is -2.17. The van der Waals surface area contributed by atoms with E-state index in [-0.39, 0.29) is 6.79 Å². The van der Waals surface area contributed by atoms with Gasteiger partial charge in [-0.3, -0.25) is 0 Å². The van der Waals surface area contributed by atoms with Crippen molar-refractivity contribution in [2.75, 3.05) is 18.3 Å². The summed E-state index contributed by atoms with van der Waals surface area (Å²) in [6, 6.07) is 9.93. The summed E-state index contributed by atoms with van der Waals surface area (Å²) in [5.41, 5.74) is 19.1. The first-order valence-corrected chi connectivity index (χ1v) is 8.41. The first-order chi connectivity index (χ1) is 12.5. The Labute approximate surface area is 150 Å². The van der Waals surface area contributed by atoms with E-state index in [1.165, 1.54) is 0 Å². The number of hydrogen-bond donors (Lipinski definition) is 2. The van der Waals surface area contributed by atoms with Gasteiger partial charge in [-0.25, -0.2) is 0 Å². The number of nitrogens with two attached hydrogens (primary N) is 2. The van der Waals surface area contributed by atoms with Crippen molar-refractivity contribution in [1.29, 1.82) is 0 Å². The van der Waals surface area contributed by atoms with Gasteiger partial charge in [0.1, 0.15) is 12.4 Å². The predicted octanol–water partition coefficient (Wildman–Crippen LogP) is 4.21. The molecule has 26 heavy (non-hydrogen) atoms. The minimum atomic E-state index is 0.237. The lowest BCUT2D eigenvalue weighted by atomic mass is 9.87. The molecule has 0 spiro atoms. The SMILES string of the molecule is C=C1OCc2c1c(-c1ccc3c(c1)OCO3)c1cc(N)c(C)cc1c2N. The van der Waals surface area contributed by atoms with Crippen LogP contribution in [0.3, 0.4) is 0 Å². The van der Waals surface area contributed by atoms with Gasteiger partial charge in [0.25, 0.3) is 0 Å². The topological polar surface area (TPSA) is 79.7 Å². The van der Waals surface area contributed by atoms with Crippen LogP contribution in [0.4, 0.5) is 11.4 Å². The molecule has 0 fully saturated rings. The molecule has 0 atom stereocenters. The van der Waals surface area contributed by atoms with Crippen LogP contribution in [0.1, 0.15) is 16.7 Å². The Morgan fingerprint density at radius 3 is 2.58 bits per heavy atom. The summed E-state index contributed by atoms with van der Waals surface area (Å²) < 4.78 is 16.7. The molecule has 0 saturated carbocycles. The maximum atomic E-state index is 6.48. The van der Waals surface area contributed by atoms with Gasteiger partial charge in [-0.15, -0.1) is 0 Å². The van der Waals surface area contributed by atoms with E-state index in [2.05, 4.69) is 6.58 Å². The maximum Gasteiger partial charge on any atom is 0.231 e. The quantitative estimate of drug-likeness (QED) is 0.645. The van der Waals surface area contributed by atoms with Crippen molar-refractivity contribution in [3.05, 3.63) is 53.6 Å². The molecule has 3 aromatic carbocycles. The lowest BCUT2D eigenvalue weighted by molar-refractivity contribution is 0.174. The van der Waals surface area contributed by atoms with E-state index in [1.807, 2.05) is 37.3 Å². The van der Waals surface area contributed by atoms with Gasteiger partial charge in [0.2, 0.25) is 6.79 Å².